The highest BCUT2D eigenvalue weighted by atomic mass is 16.5. The zero-order valence-electron chi connectivity index (χ0n) is 25.3. The molecule has 0 spiro atoms. The van der Waals surface area contributed by atoms with Gasteiger partial charge in [-0.25, -0.2) is 4.79 Å². The Morgan fingerprint density at radius 3 is 1.63 bits per heavy atom. The zero-order valence-corrected chi connectivity index (χ0v) is 25.3. The normalized spacial score (nSPS) is 14.1. The second-order valence-corrected chi connectivity index (χ2v) is 10.0. The molecule has 0 bridgehead atoms. The first-order valence-corrected chi connectivity index (χ1v) is 14.3. The number of amides is 3. The van der Waals surface area contributed by atoms with Gasteiger partial charge in [-0.05, 0) is 71.0 Å². The number of esters is 2. The summed E-state index contributed by atoms with van der Waals surface area (Å²) in [6.07, 6.45) is 0.0341. The van der Waals surface area contributed by atoms with Crippen LogP contribution in [0.5, 0.6) is 0 Å². The number of ether oxygens (including phenoxy) is 2. The molecular formula is C25H53N11O7. The van der Waals surface area contributed by atoms with E-state index in [2.05, 4.69) is 20.7 Å². The van der Waals surface area contributed by atoms with Crippen LogP contribution in [0, 0.1) is 0 Å². The third-order valence-electron chi connectivity index (χ3n) is 6.47. The molecule has 0 radical (unpaired) electrons. The molecule has 0 saturated carbocycles. The van der Waals surface area contributed by atoms with E-state index in [1.54, 1.807) is 0 Å². The average molecular weight is 620 g/mol. The van der Waals surface area contributed by atoms with Gasteiger partial charge in [-0.1, -0.05) is 0 Å². The van der Waals surface area contributed by atoms with Crippen LogP contribution in [0.4, 0.5) is 0 Å². The minimum absolute atomic E-state index is 0.0119. The SMILES string of the molecule is COC(=O)CCC(NC(=O)[C@H](CCCCN)N(C(=O)[C@@H](N)CCCNC(N)N)C(=O)[C@@H](N)CCCNC(N)N)C(=O)OC. The Morgan fingerprint density at radius 1 is 0.698 bits per heavy atom. The van der Waals surface area contributed by atoms with E-state index >= 15 is 0 Å². The molecule has 0 aromatic rings. The van der Waals surface area contributed by atoms with Gasteiger partial charge < -0.3 is 54.9 Å². The van der Waals surface area contributed by atoms with Crippen LogP contribution >= 0.6 is 0 Å². The lowest BCUT2D eigenvalue weighted by Gasteiger charge is -2.34. The predicted octanol–water partition coefficient (Wildman–Crippen LogP) is -4.75. The summed E-state index contributed by atoms with van der Waals surface area (Å²) in [6.45, 7) is 0.999. The van der Waals surface area contributed by atoms with Gasteiger partial charge in [-0.2, -0.15) is 0 Å². The summed E-state index contributed by atoms with van der Waals surface area (Å²) in [5.41, 5.74) is 39.9. The molecule has 0 aliphatic rings. The summed E-state index contributed by atoms with van der Waals surface area (Å²) in [6, 6.07) is -5.00. The molecule has 43 heavy (non-hydrogen) atoms. The maximum atomic E-state index is 13.7. The molecule has 17 N–H and O–H groups in total. The predicted molar refractivity (Wildman–Crippen MR) is 158 cm³/mol. The fourth-order valence-corrected chi connectivity index (χ4v) is 4.08. The highest BCUT2D eigenvalue weighted by molar-refractivity contribution is 6.04. The Hall–Kier alpha value is -2.81. The van der Waals surface area contributed by atoms with Gasteiger partial charge in [0.15, 0.2) is 0 Å². The van der Waals surface area contributed by atoms with E-state index in [-0.39, 0.29) is 32.1 Å². The number of carbonyl (C=O) groups excluding carboxylic acids is 5. The number of nitrogens with two attached hydrogens (primary N) is 7. The first kappa shape index (κ1) is 40.2. The van der Waals surface area contributed by atoms with Crippen LogP contribution in [0.2, 0.25) is 0 Å². The summed E-state index contributed by atoms with van der Waals surface area (Å²) in [5.74, 6) is -3.91. The standard InChI is InChI=1S/C25H53N11O7/c1-42-19(37)11-10-17(23(41)43-2)35-20(38)18(9-3-4-12-26)36(21(39)15(27)7-5-13-33-24(29)30)22(40)16(28)8-6-14-34-25(31)32/h15-18,24-25,33-34H,3-14,26-32H2,1-2H3,(H,35,38)/t15-,16-,17?,18-/m0/s1. The minimum atomic E-state index is -1.39. The summed E-state index contributed by atoms with van der Waals surface area (Å²) in [7, 11) is 2.30. The average Bonchev–Trinajstić information content (AvgIpc) is 2.97. The molecular weight excluding hydrogens is 566 g/mol. The quantitative estimate of drug-likeness (QED) is 0.0291. The molecule has 4 atom stereocenters. The molecule has 250 valence electrons. The van der Waals surface area contributed by atoms with Crippen LogP contribution in [0.25, 0.3) is 0 Å². The summed E-state index contributed by atoms with van der Waals surface area (Å²) in [4.78, 5) is 66.0. The molecule has 0 heterocycles. The summed E-state index contributed by atoms with van der Waals surface area (Å²) >= 11 is 0. The van der Waals surface area contributed by atoms with Crippen LogP contribution in [-0.4, -0.2) is 105 Å². The van der Waals surface area contributed by atoms with E-state index in [0.29, 0.717) is 45.3 Å². The van der Waals surface area contributed by atoms with Gasteiger partial charge in [-0.3, -0.25) is 34.7 Å². The van der Waals surface area contributed by atoms with Crippen molar-refractivity contribution in [3.05, 3.63) is 0 Å². The first-order chi connectivity index (χ1) is 20.3. The second kappa shape index (κ2) is 22.7. The molecule has 3 amide bonds. The van der Waals surface area contributed by atoms with Crippen molar-refractivity contribution >= 4 is 29.7 Å². The van der Waals surface area contributed by atoms with E-state index in [0.717, 1.165) is 12.0 Å². The number of methoxy groups -OCH3 is 2. The highest BCUT2D eigenvalue weighted by Gasteiger charge is 2.39. The van der Waals surface area contributed by atoms with Gasteiger partial charge in [-0.15, -0.1) is 0 Å². The van der Waals surface area contributed by atoms with Crippen LogP contribution in [0.3, 0.4) is 0 Å². The lowest BCUT2D eigenvalue weighted by atomic mass is 10.0. The fraction of sp³-hybridized carbons (Fsp3) is 0.800. The van der Waals surface area contributed by atoms with Crippen LogP contribution < -0.4 is 56.1 Å². The molecule has 18 heteroatoms. The maximum absolute atomic E-state index is 13.7. The molecule has 18 nitrogen and oxygen atoms in total. The van der Waals surface area contributed by atoms with Gasteiger partial charge in [0.2, 0.25) is 17.7 Å². The van der Waals surface area contributed by atoms with Gasteiger partial charge >= 0.3 is 11.9 Å². The van der Waals surface area contributed by atoms with E-state index in [9.17, 15) is 24.0 Å². The first-order valence-electron chi connectivity index (χ1n) is 14.3. The Balaban J connectivity index is 6.24. The molecule has 1 unspecified atom stereocenters. The molecule has 0 fully saturated rings. The third-order valence-corrected chi connectivity index (χ3v) is 6.47. The third kappa shape index (κ3) is 16.6. The number of rotatable bonds is 23. The number of imide groups is 1. The van der Waals surface area contributed by atoms with E-state index in [1.807, 2.05) is 0 Å². The van der Waals surface area contributed by atoms with Gasteiger partial charge in [0.1, 0.15) is 24.7 Å². The second-order valence-electron chi connectivity index (χ2n) is 10.0. The number of nitrogens with zero attached hydrogens (tertiary/aromatic N) is 1. The molecule has 0 aliphatic carbocycles. The monoisotopic (exact) mass is 619 g/mol. The minimum Gasteiger partial charge on any atom is -0.469 e. The topological polar surface area (TPSA) is 325 Å². The van der Waals surface area contributed by atoms with E-state index in [1.165, 1.54) is 7.11 Å². The Labute approximate surface area is 252 Å². The molecule has 0 rings (SSSR count). The summed E-state index contributed by atoms with van der Waals surface area (Å²) < 4.78 is 9.39. The Kier molecular flexibility index (Phi) is 21.2. The lowest BCUT2D eigenvalue weighted by molar-refractivity contribution is -0.155. The van der Waals surface area contributed by atoms with Crippen molar-refractivity contribution in [1.29, 1.82) is 0 Å². The Bertz CT molecular complexity index is 829. The van der Waals surface area contributed by atoms with Crippen molar-refractivity contribution < 1.29 is 33.4 Å². The smallest absolute Gasteiger partial charge is 0.328 e. The molecule has 0 aromatic heterocycles. The van der Waals surface area contributed by atoms with Crippen molar-refractivity contribution in [3.8, 4) is 0 Å². The summed E-state index contributed by atoms with van der Waals surface area (Å²) in [5, 5.41) is 8.11. The molecule has 0 aliphatic heterocycles. The lowest BCUT2D eigenvalue weighted by Crippen LogP contribution is -2.61. The Morgan fingerprint density at radius 2 is 1.21 bits per heavy atom. The van der Waals surface area contributed by atoms with Gasteiger partial charge in [0, 0.05) is 6.42 Å². The molecule has 0 aromatic carbocycles. The highest BCUT2D eigenvalue weighted by Crippen LogP contribution is 2.16. The van der Waals surface area contributed by atoms with E-state index in [4.69, 9.17) is 44.9 Å². The van der Waals surface area contributed by atoms with E-state index < -0.39 is 66.4 Å². The number of nitrogens with one attached hydrogen (secondary N) is 3. The van der Waals surface area contributed by atoms with Crippen LogP contribution in [-0.2, 0) is 33.4 Å². The molecule has 0 saturated heterocycles. The maximum Gasteiger partial charge on any atom is 0.328 e. The largest absolute Gasteiger partial charge is 0.469 e. The number of hydrogen-bond acceptors (Lipinski definition) is 16. The van der Waals surface area contributed by atoms with Crippen LogP contribution in [0.1, 0.15) is 57.8 Å². The van der Waals surface area contributed by atoms with Gasteiger partial charge in [0.25, 0.3) is 0 Å². The zero-order chi connectivity index (χ0) is 32.9. The number of carbonyl (C=O) groups is 5. The number of unbranched alkanes of at least 4 members (excludes halogenated alkanes) is 1. The van der Waals surface area contributed by atoms with Crippen molar-refractivity contribution in [1.82, 2.24) is 20.9 Å². The van der Waals surface area contributed by atoms with Crippen LogP contribution in [0.15, 0.2) is 0 Å². The van der Waals surface area contributed by atoms with Crippen molar-refractivity contribution in [2.75, 3.05) is 33.9 Å². The van der Waals surface area contributed by atoms with Crippen molar-refractivity contribution in [3.63, 3.8) is 0 Å². The fourth-order valence-electron chi connectivity index (χ4n) is 4.08. The van der Waals surface area contributed by atoms with Crippen molar-refractivity contribution in [2.45, 2.75) is 94.5 Å². The number of hydrogen-bond donors (Lipinski definition) is 10. The van der Waals surface area contributed by atoms with Crippen molar-refractivity contribution in [2.24, 2.45) is 40.1 Å². The van der Waals surface area contributed by atoms with Gasteiger partial charge in [0.05, 0.1) is 26.3 Å².